The fourth-order valence-corrected chi connectivity index (χ4v) is 4.48. The monoisotopic (exact) mass is 459 g/mol. The lowest BCUT2D eigenvalue weighted by atomic mass is 10.0. The second-order valence-corrected chi connectivity index (χ2v) is 8.65. The molecule has 0 heterocycles. The molecule has 0 aliphatic rings. The fraction of sp³-hybridized carbons (Fsp3) is 0. The van der Waals surface area contributed by atoms with Crippen LogP contribution in [0.1, 0.15) is 5.56 Å². The maximum atomic E-state index is 6.11. The Morgan fingerprint density at radius 1 is 0.677 bits per heavy atom. The number of aliphatic imine (C=N–C) groups is 1. The zero-order chi connectivity index (χ0) is 21.5. The van der Waals surface area contributed by atoms with Gasteiger partial charge in [0, 0.05) is 20.5 Å². The summed E-state index contributed by atoms with van der Waals surface area (Å²) in [5.41, 5.74) is 5.20. The maximum Gasteiger partial charge on any atom is 0.0714 e. The molecule has 0 spiro atoms. The SMILES string of the molecule is Clc1cc(Cl)cc(SC=CC(=Nc2ccccc2)c2ccc(-c3ccccc3)cc2)c1. The Morgan fingerprint density at radius 2 is 1.26 bits per heavy atom. The van der Waals surface area contributed by atoms with Crippen LogP contribution in [0.2, 0.25) is 10.0 Å². The third-order valence-electron chi connectivity index (χ3n) is 4.56. The van der Waals surface area contributed by atoms with Gasteiger partial charge in [0.1, 0.15) is 0 Å². The number of nitrogens with zero attached hydrogens (tertiary/aromatic N) is 1. The van der Waals surface area contributed by atoms with Gasteiger partial charge in [0.15, 0.2) is 0 Å². The van der Waals surface area contributed by atoms with Crippen LogP contribution in [0.15, 0.2) is 125 Å². The molecule has 0 aromatic heterocycles. The van der Waals surface area contributed by atoms with Crippen molar-refractivity contribution < 1.29 is 0 Å². The molecule has 0 radical (unpaired) electrons. The zero-order valence-electron chi connectivity index (χ0n) is 16.6. The summed E-state index contributed by atoms with van der Waals surface area (Å²) in [5, 5.41) is 3.26. The molecule has 0 amide bonds. The molecule has 31 heavy (non-hydrogen) atoms. The van der Waals surface area contributed by atoms with E-state index in [4.69, 9.17) is 28.2 Å². The van der Waals surface area contributed by atoms with Gasteiger partial charge in [0.25, 0.3) is 0 Å². The predicted octanol–water partition coefficient (Wildman–Crippen LogP) is 9.09. The van der Waals surface area contributed by atoms with Crippen molar-refractivity contribution in [3.63, 3.8) is 0 Å². The molecular formula is C27H19Cl2NS. The lowest BCUT2D eigenvalue weighted by Gasteiger charge is -2.06. The molecule has 0 aliphatic heterocycles. The summed E-state index contributed by atoms with van der Waals surface area (Å²) in [6, 6.07) is 34.3. The summed E-state index contributed by atoms with van der Waals surface area (Å²) in [7, 11) is 0. The van der Waals surface area contributed by atoms with Gasteiger partial charge in [-0.25, -0.2) is 4.99 Å². The van der Waals surface area contributed by atoms with Gasteiger partial charge in [-0.3, -0.25) is 0 Å². The van der Waals surface area contributed by atoms with Crippen molar-refractivity contribution in [3.8, 4) is 11.1 Å². The Morgan fingerprint density at radius 3 is 1.90 bits per heavy atom. The topological polar surface area (TPSA) is 12.4 Å². The van der Waals surface area contributed by atoms with Gasteiger partial charge in [0.2, 0.25) is 0 Å². The van der Waals surface area contributed by atoms with E-state index in [1.54, 1.807) is 17.8 Å². The summed E-state index contributed by atoms with van der Waals surface area (Å²) in [4.78, 5) is 5.84. The lowest BCUT2D eigenvalue weighted by molar-refractivity contribution is 1.47. The Hall–Kier alpha value is -2.78. The highest BCUT2D eigenvalue weighted by Gasteiger charge is 2.04. The van der Waals surface area contributed by atoms with Crippen LogP contribution in [0.5, 0.6) is 0 Å². The van der Waals surface area contributed by atoms with Crippen molar-refractivity contribution in [1.29, 1.82) is 0 Å². The molecule has 4 heteroatoms. The van der Waals surface area contributed by atoms with E-state index < -0.39 is 0 Å². The summed E-state index contributed by atoms with van der Waals surface area (Å²) >= 11 is 13.8. The molecule has 0 aliphatic carbocycles. The van der Waals surface area contributed by atoms with Crippen molar-refractivity contribution in [3.05, 3.63) is 130 Å². The molecule has 1 nitrogen and oxygen atoms in total. The first-order valence-corrected chi connectivity index (χ1v) is 11.4. The minimum Gasteiger partial charge on any atom is -0.248 e. The van der Waals surface area contributed by atoms with Crippen molar-refractivity contribution in [2.45, 2.75) is 4.90 Å². The number of rotatable bonds is 6. The third-order valence-corrected chi connectivity index (χ3v) is 5.78. The van der Waals surface area contributed by atoms with Crippen LogP contribution in [0.4, 0.5) is 5.69 Å². The van der Waals surface area contributed by atoms with Crippen LogP contribution in [-0.4, -0.2) is 5.71 Å². The van der Waals surface area contributed by atoms with Crippen molar-refractivity contribution in [2.24, 2.45) is 4.99 Å². The summed E-state index contributed by atoms with van der Waals surface area (Å²) in [6.07, 6.45) is 2.02. The number of benzene rings is 4. The minimum atomic E-state index is 0.623. The normalized spacial score (nSPS) is 11.7. The summed E-state index contributed by atoms with van der Waals surface area (Å²) in [6.45, 7) is 0. The highest BCUT2D eigenvalue weighted by atomic mass is 35.5. The minimum absolute atomic E-state index is 0.623. The Labute approximate surface area is 197 Å². The van der Waals surface area contributed by atoms with E-state index >= 15 is 0 Å². The molecule has 4 rings (SSSR count). The van der Waals surface area contributed by atoms with Gasteiger partial charge in [-0.2, -0.15) is 0 Å². The quantitative estimate of drug-likeness (QED) is 0.206. The summed E-state index contributed by atoms with van der Waals surface area (Å²) < 4.78 is 0. The Kier molecular flexibility index (Phi) is 7.26. The van der Waals surface area contributed by atoms with Gasteiger partial charge < -0.3 is 0 Å². The number of halogens is 2. The number of para-hydroxylation sites is 1. The van der Waals surface area contributed by atoms with E-state index in [-0.39, 0.29) is 0 Å². The molecule has 0 N–H and O–H groups in total. The molecule has 0 unspecified atom stereocenters. The van der Waals surface area contributed by atoms with Gasteiger partial charge in [-0.05, 0) is 52.9 Å². The first kappa shape index (κ1) is 21.5. The fourth-order valence-electron chi connectivity index (χ4n) is 3.08. The van der Waals surface area contributed by atoms with E-state index in [1.165, 1.54) is 11.1 Å². The maximum absolute atomic E-state index is 6.11. The second-order valence-electron chi connectivity index (χ2n) is 6.80. The third kappa shape index (κ3) is 6.11. The number of thioether (sulfide) groups is 1. The molecular weight excluding hydrogens is 441 g/mol. The molecule has 0 bridgehead atoms. The van der Waals surface area contributed by atoms with Crippen LogP contribution < -0.4 is 0 Å². The largest absolute Gasteiger partial charge is 0.248 e. The van der Waals surface area contributed by atoms with Gasteiger partial charge in [0.05, 0.1) is 11.4 Å². The number of hydrogen-bond acceptors (Lipinski definition) is 2. The molecule has 0 saturated carbocycles. The molecule has 0 saturated heterocycles. The first-order valence-electron chi connectivity index (χ1n) is 9.76. The van der Waals surface area contributed by atoms with E-state index in [2.05, 4.69) is 36.4 Å². The molecule has 0 atom stereocenters. The second kappa shape index (κ2) is 10.5. The van der Waals surface area contributed by atoms with E-state index in [0.29, 0.717) is 10.0 Å². The predicted molar refractivity (Wildman–Crippen MR) is 136 cm³/mol. The van der Waals surface area contributed by atoms with Crippen LogP contribution in [-0.2, 0) is 0 Å². The van der Waals surface area contributed by atoms with Crippen LogP contribution >= 0.6 is 35.0 Å². The van der Waals surface area contributed by atoms with E-state index in [9.17, 15) is 0 Å². The van der Waals surface area contributed by atoms with E-state index in [1.807, 2.05) is 72.1 Å². The molecule has 152 valence electrons. The Balaban J connectivity index is 1.62. The highest BCUT2D eigenvalue weighted by Crippen LogP contribution is 2.28. The average Bonchev–Trinajstić information content (AvgIpc) is 2.79. The van der Waals surface area contributed by atoms with Gasteiger partial charge in [-0.1, -0.05) is 108 Å². The van der Waals surface area contributed by atoms with E-state index in [0.717, 1.165) is 21.9 Å². The standard InChI is InChI=1S/C27H19Cl2NS/c28-23-17-24(29)19-26(18-23)31-16-15-27(30-25-9-5-2-6-10-25)22-13-11-21(12-14-22)20-7-3-1-4-8-20/h1-19H. The van der Waals surface area contributed by atoms with Crippen molar-refractivity contribution >= 4 is 46.4 Å². The molecule has 4 aromatic carbocycles. The summed E-state index contributed by atoms with van der Waals surface area (Å²) in [5.74, 6) is 0. The van der Waals surface area contributed by atoms with Crippen LogP contribution in [0.25, 0.3) is 11.1 Å². The van der Waals surface area contributed by atoms with Gasteiger partial charge >= 0.3 is 0 Å². The van der Waals surface area contributed by atoms with Crippen molar-refractivity contribution in [1.82, 2.24) is 0 Å². The highest BCUT2D eigenvalue weighted by molar-refractivity contribution is 8.02. The molecule has 4 aromatic rings. The van der Waals surface area contributed by atoms with Crippen LogP contribution in [0, 0.1) is 0 Å². The molecule has 0 fully saturated rings. The zero-order valence-corrected chi connectivity index (χ0v) is 18.9. The smallest absolute Gasteiger partial charge is 0.0714 e. The Bertz CT molecular complexity index is 1180. The number of allylic oxidation sites excluding steroid dienone is 1. The lowest BCUT2D eigenvalue weighted by Crippen LogP contribution is -1.96. The van der Waals surface area contributed by atoms with Crippen molar-refractivity contribution in [2.75, 3.05) is 0 Å². The average molecular weight is 460 g/mol. The van der Waals surface area contributed by atoms with Crippen LogP contribution in [0.3, 0.4) is 0 Å². The van der Waals surface area contributed by atoms with Gasteiger partial charge in [-0.15, -0.1) is 0 Å². The number of hydrogen-bond donors (Lipinski definition) is 0. The first-order chi connectivity index (χ1) is 15.2.